The number of carbonyl (C=O) groups excluding carboxylic acids is 4. The van der Waals surface area contributed by atoms with Crippen LogP contribution in [0.3, 0.4) is 0 Å². The summed E-state index contributed by atoms with van der Waals surface area (Å²) in [6.45, 7) is 0. The molecule has 0 aliphatic heterocycles. The van der Waals surface area contributed by atoms with E-state index in [1.165, 1.54) is 24.3 Å². The Hall–Kier alpha value is -3.24. The Morgan fingerprint density at radius 1 is 0.538 bits per heavy atom. The van der Waals surface area contributed by atoms with Crippen LogP contribution in [0.5, 0.6) is 0 Å². The zero-order valence-corrected chi connectivity index (χ0v) is 25.4. The van der Waals surface area contributed by atoms with E-state index >= 15 is 0 Å². The number of carboxylic acids is 2. The molecule has 0 atom stereocenters. The molecule has 0 spiro atoms. The average Bonchev–Trinajstić information content (AvgIpc) is 2.91. The predicted octanol–water partition coefficient (Wildman–Crippen LogP) is -3.48. The quantitative estimate of drug-likeness (QED) is 0.224. The van der Waals surface area contributed by atoms with Gasteiger partial charge in [-0.15, -0.1) is 0 Å². The van der Waals surface area contributed by atoms with Crippen LogP contribution in [0.4, 0.5) is 11.4 Å². The van der Waals surface area contributed by atoms with Crippen LogP contribution in [0, 0.1) is 0 Å². The zero-order valence-electron chi connectivity index (χ0n) is 21.4. The summed E-state index contributed by atoms with van der Waals surface area (Å²) < 4.78 is 0. The number of nitrogens with one attached hydrogen (secondary N) is 2. The average molecular weight is 538 g/mol. The number of anilines is 2. The van der Waals surface area contributed by atoms with E-state index in [-0.39, 0.29) is 88.0 Å². The Morgan fingerprint density at radius 3 is 1.23 bits per heavy atom. The van der Waals surface area contributed by atoms with Crippen molar-refractivity contribution >= 4 is 35.1 Å². The molecule has 4 aromatic rings. The number of rotatable bonds is 8. The second kappa shape index (κ2) is 14.8. The molecule has 2 amide bonds. The SMILES string of the molecule is O=C(Nc1ccc(Cc2ccc(NC(=O)c3ccccc3)c(C(=O)[O-])c2)cc1C(=O)[O-])c1ccccc1.[Na+].[Na+]. The van der Waals surface area contributed by atoms with Crippen molar-refractivity contribution in [1.29, 1.82) is 0 Å². The molecule has 0 unspecified atom stereocenters. The molecule has 0 aliphatic carbocycles. The van der Waals surface area contributed by atoms with Crippen molar-refractivity contribution in [2.45, 2.75) is 6.42 Å². The Labute approximate surface area is 269 Å². The number of carbonyl (C=O) groups is 4. The fraction of sp³-hybridized carbons (Fsp3) is 0.0345. The number of aromatic carboxylic acids is 2. The minimum absolute atomic E-state index is 0. The maximum atomic E-state index is 12.4. The van der Waals surface area contributed by atoms with Gasteiger partial charge in [-0.2, -0.15) is 0 Å². The fourth-order valence-corrected chi connectivity index (χ4v) is 3.76. The van der Waals surface area contributed by atoms with Crippen LogP contribution in [0.25, 0.3) is 0 Å². The van der Waals surface area contributed by atoms with E-state index in [1.54, 1.807) is 72.8 Å². The second-order valence-corrected chi connectivity index (χ2v) is 8.15. The van der Waals surface area contributed by atoms with E-state index in [2.05, 4.69) is 10.6 Å². The normalized spacial score (nSPS) is 9.85. The van der Waals surface area contributed by atoms with Gasteiger partial charge in [-0.3, -0.25) is 9.59 Å². The number of hydrogen-bond acceptors (Lipinski definition) is 6. The first-order valence-corrected chi connectivity index (χ1v) is 11.2. The molecule has 10 heteroatoms. The molecular formula is C29H20N2Na2O6. The van der Waals surface area contributed by atoms with Gasteiger partial charge in [0.15, 0.2) is 0 Å². The van der Waals surface area contributed by atoms with Gasteiger partial charge in [-0.1, -0.05) is 48.5 Å². The van der Waals surface area contributed by atoms with E-state index in [1.807, 2.05) is 0 Å². The molecule has 2 N–H and O–H groups in total. The van der Waals surface area contributed by atoms with Gasteiger partial charge in [0.1, 0.15) is 0 Å². The maximum absolute atomic E-state index is 12.4. The largest absolute Gasteiger partial charge is 1.00 e. The summed E-state index contributed by atoms with van der Waals surface area (Å²) >= 11 is 0. The number of benzene rings is 4. The van der Waals surface area contributed by atoms with Crippen LogP contribution < -0.4 is 80.0 Å². The predicted molar refractivity (Wildman–Crippen MR) is 133 cm³/mol. The standard InChI is InChI=1S/C29H22N2O6.2Na/c32-26(20-7-3-1-4-8-20)30-24-13-11-18(16-22(24)28(34)35)15-19-12-14-25(23(17-19)29(36)37)31-27(33)21-9-5-2-6-10-21;;/h1-14,16-17H,15H2,(H,30,32)(H,31,33)(H,34,35)(H,36,37);;/q;2*+1/p-2. The van der Waals surface area contributed by atoms with Crippen molar-refractivity contribution < 1.29 is 88.5 Å². The molecule has 0 aliphatic rings. The summed E-state index contributed by atoms with van der Waals surface area (Å²) in [7, 11) is 0. The minimum Gasteiger partial charge on any atom is -0.545 e. The van der Waals surface area contributed by atoms with E-state index < -0.39 is 23.8 Å². The molecule has 0 heterocycles. The van der Waals surface area contributed by atoms with Crippen LogP contribution >= 0.6 is 0 Å². The van der Waals surface area contributed by atoms with Gasteiger partial charge in [0, 0.05) is 22.3 Å². The molecule has 8 nitrogen and oxygen atoms in total. The molecule has 184 valence electrons. The van der Waals surface area contributed by atoms with Crippen molar-refractivity contribution in [3.63, 3.8) is 0 Å². The van der Waals surface area contributed by atoms with Crippen molar-refractivity contribution in [2.24, 2.45) is 0 Å². The third-order valence-corrected chi connectivity index (χ3v) is 5.58. The van der Waals surface area contributed by atoms with E-state index in [0.717, 1.165) is 0 Å². The van der Waals surface area contributed by atoms with Crippen LogP contribution in [0.1, 0.15) is 52.6 Å². The maximum Gasteiger partial charge on any atom is 1.00 e. The first-order valence-electron chi connectivity index (χ1n) is 11.2. The number of hydrogen-bond donors (Lipinski definition) is 2. The van der Waals surface area contributed by atoms with Crippen molar-refractivity contribution in [2.75, 3.05) is 10.6 Å². The van der Waals surface area contributed by atoms with Crippen LogP contribution in [0.15, 0.2) is 97.1 Å². The zero-order chi connectivity index (χ0) is 26.4. The summed E-state index contributed by atoms with van der Waals surface area (Å²) in [5, 5.41) is 28.7. The molecule has 0 aromatic heterocycles. The Bertz CT molecular complexity index is 1380. The molecule has 0 fully saturated rings. The van der Waals surface area contributed by atoms with Gasteiger partial charge >= 0.3 is 59.1 Å². The summed E-state index contributed by atoms with van der Waals surface area (Å²) in [6, 6.07) is 25.6. The summed E-state index contributed by atoms with van der Waals surface area (Å²) in [5.74, 6) is -3.88. The summed E-state index contributed by atoms with van der Waals surface area (Å²) in [6.07, 6.45) is 0.181. The molecule has 0 bridgehead atoms. The van der Waals surface area contributed by atoms with E-state index in [0.29, 0.717) is 22.3 Å². The molecule has 4 aromatic carbocycles. The second-order valence-electron chi connectivity index (χ2n) is 8.15. The Morgan fingerprint density at radius 2 is 0.897 bits per heavy atom. The van der Waals surface area contributed by atoms with Crippen LogP contribution in [0.2, 0.25) is 0 Å². The minimum atomic E-state index is -1.47. The fourth-order valence-electron chi connectivity index (χ4n) is 3.76. The number of amides is 2. The summed E-state index contributed by atoms with van der Waals surface area (Å²) in [4.78, 5) is 48.4. The van der Waals surface area contributed by atoms with Gasteiger partial charge in [0.05, 0.1) is 23.3 Å². The van der Waals surface area contributed by atoms with Gasteiger partial charge in [0.2, 0.25) is 0 Å². The Balaban J connectivity index is 0.00000267. The molecule has 39 heavy (non-hydrogen) atoms. The molecule has 0 saturated heterocycles. The third kappa shape index (κ3) is 8.37. The smallest absolute Gasteiger partial charge is 0.545 e. The molecular weight excluding hydrogens is 518 g/mol. The van der Waals surface area contributed by atoms with Gasteiger partial charge in [-0.05, 0) is 66.1 Å². The van der Waals surface area contributed by atoms with E-state index in [9.17, 15) is 29.4 Å². The van der Waals surface area contributed by atoms with Gasteiger partial charge < -0.3 is 30.4 Å². The van der Waals surface area contributed by atoms with Crippen LogP contribution in [-0.2, 0) is 6.42 Å². The first kappa shape index (κ1) is 32.0. The van der Waals surface area contributed by atoms with Crippen molar-refractivity contribution in [1.82, 2.24) is 0 Å². The van der Waals surface area contributed by atoms with Crippen molar-refractivity contribution in [3.8, 4) is 0 Å². The summed E-state index contributed by atoms with van der Waals surface area (Å²) in [5.41, 5.74) is 1.54. The van der Waals surface area contributed by atoms with Crippen LogP contribution in [-0.4, -0.2) is 23.8 Å². The Kier molecular flexibility index (Phi) is 12.1. The van der Waals surface area contributed by atoms with E-state index in [4.69, 9.17) is 0 Å². The molecule has 4 rings (SSSR count). The molecule has 0 saturated carbocycles. The van der Waals surface area contributed by atoms with Crippen molar-refractivity contribution in [3.05, 3.63) is 130 Å². The monoisotopic (exact) mass is 538 g/mol. The van der Waals surface area contributed by atoms with Gasteiger partial charge in [-0.25, -0.2) is 0 Å². The topological polar surface area (TPSA) is 138 Å². The number of carboxylic acid groups (broad SMARTS) is 2. The first-order chi connectivity index (χ1) is 17.8. The third-order valence-electron chi connectivity index (χ3n) is 5.58. The molecule has 0 radical (unpaired) electrons. The van der Waals surface area contributed by atoms with Gasteiger partial charge in [0.25, 0.3) is 11.8 Å².